The van der Waals surface area contributed by atoms with Gasteiger partial charge in [0, 0.05) is 12.4 Å². The van der Waals surface area contributed by atoms with Gasteiger partial charge in [0.25, 0.3) is 5.91 Å². The molecule has 5 heteroatoms. The van der Waals surface area contributed by atoms with Gasteiger partial charge in [-0.2, -0.15) is 0 Å². The molecule has 2 aromatic rings. The summed E-state index contributed by atoms with van der Waals surface area (Å²) >= 11 is 0. The fraction of sp³-hybridized carbons (Fsp3) is 0.375. The third kappa shape index (κ3) is 4.34. The molecule has 1 aromatic carbocycles. The average molecular weight is 287 g/mol. The number of imidazole rings is 1. The number of amides is 1. The molecule has 1 heterocycles. The number of nitrogens with one attached hydrogen (secondary N) is 2. The van der Waals surface area contributed by atoms with Crippen LogP contribution in [0.25, 0.3) is 0 Å². The van der Waals surface area contributed by atoms with Gasteiger partial charge in [0.15, 0.2) is 6.61 Å². The van der Waals surface area contributed by atoms with Gasteiger partial charge in [-0.05, 0) is 30.5 Å². The Kier molecular flexibility index (Phi) is 4.98. The monoisotopic (exact) mass is 287 g/mol. The summed E-state index contributed by atoms with van der Waals surface area (Å²) in [7, 11) is 0. The summed E-state index contributed by atoms with van der Waals surface area (Å²) in [6.07, 6.45) is 3.38. The Labute approximate surface area is 124 Å². The van der Waals surface area contributed by atoms with Gasteiger partial charge >= 0.3 is 0 Å². The molecule has 0 spiro atoms. The molecule has 0 bridgehead atoms. The topological polar surface area (TPSA) is 67.0 Å². The van der Waals surface area contributed by atoms with Gasteiger partial charge in [0.2, 0.25) is 0 Å². The number of hydrogen-bond acceptors (Lipinski definition) is 3. The van der Waals surface area contributed by atoms with Crippen molar-refractivity contribution in [1.29, 1.82) is 0 Å². The molecule has 0 fully saturated rings. The summed E-state index contributed by atoms with van der Waals surface area (Å²) < 4.78 is 5.48. The molecule has 2 rings (SSSR count). The minimum atomic E-state index is -0.174. The van der Waals surface area contributed by atoms with Gasteiger partial charge in [-0.15, -0.1) is 0 Å². The number of H-pyrrole nitrogens is 1. The van der Waals surface area contributed by atoms with Crippen molar-refractivity contribution in [3.05, 3.63) is 48.0 Å². The zero-order valence-corrected chi connectivity index (χ0v) is 12.6. The lowest BCUT2D eigenvalue weighted by Crippen LogP contribution is -2.31. The van der Waals surface area contributed by atoms with Gasteiger partial charge in [-0.25, -0.2) is 4.98 Å². The largest absolute Gasteiger partial charge is 0.484 e. The van der Waals surface area contributed by atoms with E-state index in [1.807, 2.05) is 31.2 Å². The number of aromatic amines is 1. The quantitative estimate of drug-likeness (QED) is 0.858. The lowest BCUT2D eigenvalue weighted by Gasteiger charge is -2.12. The maximum Gasteiger partial charge on any atom is 0.258 e. The van der Waals surface area contributed by atoms with Crippen LogP contribution in [0, 0.1) is 0 Å². The van der Waals surface area contributed by atoms with Gasteiger partial charge in [-0.3, -0.25) is 4.79 Å². The first-order chi connectivity index (χ1) is 10.1. The van der Waals surface area contributed by atoms with Crippen LogP contribution in [-0.4, -0.2) is 22.5 Å². The molecule has 1 aromatic heterocycles. The highest BCUT2D eigenvalue weighted by molar-refractivity contribution is 5.77. The highest BCUT2D eigenvalue weighted by Gasteiger charge is 2.11. The second kappa shape index (κ2) is 6.92. The Morgan fingerprint density at radius 1 is 1.29 bits per heavy atom. The van der Waals surface area contributed by atoms with E-state index in [1.54, 1.807) is 12.4 Å². The third-order valence-electron chi connectivity index (χ3n) is 3.22. The molecule has 0 saturated carbocycles. The van der Waals surface area contributed by atoms with E-state index in [1.165, 1.54) is 5.56 Å². The minimum Gasteiger partial charge on any atom is -0.484 e. The predicted octanol–water partition coefficient (Wildman–Crippen LogP) is 2.79. The molecule has 2 N–H and O–H groups in total. The highest BCUT2D eigenvalue weighted by atomic mass is 16.5. The Morgan fingerprint density at radius 3 is 2.57 bits per heavy atom. The lowest BCUT2D eigenvalue weighted by molar-refractivity contribution is -0.123. The number of rotatable bonds is 6. The first-order valence-corrected chi connectivity index (χ1v) is 7.07. The smallest absolute Gasteiger partial charge is 0.258 e. The van der Waals surface area contributed by atoms with Crippen molar-refractivity contribution in [3.8, 4) is 5.75 Å². The van der Waals surface area contributed by atoms with Gasteiger partial charge in [-0.1, -0.05) is 26.0 Å². The fourth-order valence-electron chi connectivity index (χ4n) is 1.96. The molecular formula is C16H21N3O2. The van der Waals surface area contributed by atoms with Crippen molar-refractivity contribution >= 4 is 5.91 Å². The van der Waals surface area contributed by atoms with E-state index in [0.717, 1.165) is 5.82 Å². The van der Waals surface area contributed by atoms with Crippen molar-refractivity contribution < 1.29 is 9.53 Å². The van der Waals surface area contributed by atoms with E-state index in [0.29, 0.717) is 11.7 Å². The van der Waals surface area contributed by atoms with E-state index in [9.17, 15) is 4.79 Å². The second-order valence-electron chi connectivity index (χ2n) is 5.28. The van der Waals surface area contributed by atoms with Crippen LogP contribution in [0.1, 0.15) is 44.1 Å². The molecule has 0 aliphatic carbocycles. The molecule has 0 aliphatic heterocycles. The summed E-state index contributed by atoms with van der Waals surface area (Å²) in [6.45, 7) is 6.14. The van der Waals surface area contributed by atoms with E-state index in [4.69, 9.17) is 4.74 Å². The molecular weight excluding hydrogens is 266 g/mol. The van der Waals surface area contributed by atoms with Crippen molar-refractivity contribution in [2.45, 2.75) is 32.7 Å². The van der Waals surface area contributed by atoms with Gasteiger partial charge < -0.3 is 15.0 Å². The van der Waals surface area contributed by atoms with Crippen LogP contribution in [0.3, 0.4) is 0 Å². The first-order valence-electron chi connectivity index (χ1n) is 7.07. The molecule has 0 saturated heterocycles. The zero-order valence-electron chi connectivity index (χ0n) is 12.6. The van der Waals surface area contributed by atoms with Crippen LogP contribution < -0.4 is 10.1 Å². The Hall–Kier alpha value is -2.30. The third-order valence-corrected chi connectivity index (χ3v) is 3.22. The Balaban J connectivity index is 1.81. The molecule has 0 radical (unpaired) electrons. The van der Waals surface area contributed by atoms with Crippen LogP contribution in [0.15, 0.2) is 36.7 Å². The Morgan fingerprint density at radius 2 is 2.00 bits per heavy atom. The van der Waals surface area contributed by atoms with Crippen LogP contribution in [-0.2, 0) is 4.79 Å². The number of benzene rings is 1. The number of carbonyl (C=O) groups excluding carboxylic acids is 1. The van der Waals surface area contributed by atoms with Crippen molar-refractivity contribution in [3.63, 3.8) is 0 Å². The van der Waals surface area contributed by atoms with Crippen LogP contribution in [0.4, 0.5) is 0 Å². The Bertz CT molecular complexity index is 562. The number of hydrogen-bond donors (Lipinski definition) is 2. The molecule has 112 valence electrons. The SMILES string of the molecule is CC(C)c1ccc(OCC(=O)NC(C)c2ncc[nH]2)cc1. The van der Waals surface area contributed by atoms with E-state index in [-0.39, 0.29) is 18.6 Å². The molecule has 0 aliphatic rings. The number of carbonyl (C=O) groups is 1. The van der Waals surface area contributed by atoms with Crippen LogP contribution in [0.2, 0.25) is 0 Å². The fourth-order valence-corrected chi connectivity index (χ4v) is 1.96. The number of nitrogens with zero attached hydrogens (tertiary/aromatic N) is 1. The normalized spacial score (nSPS) is 12.2. The second-order valence-corrected chi connectivity index (χ2v) is 5.28. The minimum absolute atomic E-state index is 0.00786. The maximum absolute atomic E-state index is 11.8. The van der Waals surface area contributed by atoms with Crippen molar-refractivity contribution in [2.24, 2.45) is 0 Å². The van der Waals surface area contributed by atoms with Crippen molar-refractivity contribution in [2.75, 3.05) is 6.61 Å². The summed E-state index contributed by atoms with van der Waals surface area (Å²) in [6, 6.07) is 7.64. The molecule has 21 heavy (non-hydrogen) atoms. The number of ether oxygens (including phenoxy) is 1. The van der Waals surface area contributed by atoms with E-state index in [2.05, 4.69) is 29.1 Å². The predicted molar refractivity (Wildman–Crippen MR) is 81.2 cm³/mol. The number of aromatic nitrogens is 2. The summed E-state index contributed by atoms with van der Waals surface area (Å²) in [4.78, 5) is 18.9. The first kappa shape index (κ1) is 15.1. The molecule has 1 unspecified atom stereocenters. The van der Waals surface area contributed by atoms with Gasteiger partial charge in [0.1, 0.15) is 11.6 Å². The van der Waals surface area contributed by atoms with Gasteiger partial charge in [0.05, 0.1) is 6.04 Å². The zero-order chi connectivity index (χ0) is 15.2. The molecule has 1 atom stereocenters. The average Bonchev–Trinajstić information content (AvgIpc) is 3.00. The summed E-state index contributed by atoms with van der Waals surface area (Å²) in [5.41, 5.74) is 1.25. The lowest BCUT2D eigenvalue weighted by atomic mass is 10.0. The van der Waals surface area contributed by atoms with Crippen LogP contribution >= 0.6 is 0 Å². The van der Waals surface area contributed by atoms with E-state index < -0.39 is 0 Å². The summed E-state index contributed by atoms with van der Waals surface area (Å²) in [5.74, 6) is 1.73. The highest BCUT2D eigenvalue weighted by Crippen LogP contribution is 2.18. The van der Waals surface area contributed by atoms with Crippen molar-refractivity contribution in [1.82, 2.24) is 15.3 Å². The maximum atomic E-state index is 11.8. The summed E-state index contributed by atoms with van der Waals surface area (Å²) in [5, 5.41) is 2.82. The molecule has 1 amide bonds. The van der Waals surface area contributed by atoms with E-state index >= 15 is 0 Å². The van der Waals surface area contributed by atoms with Crippen LogP contribution in [0.5, 0.6) is 5.75 Å². The molecule has 5 nitrogen and oxygen atoms in total. The standard InChI is InChI=1S/C16H21N3O2/c1-11(2)13-4-6-14(7-5-13)21-10-15(20)19-12(3)16-17-8-9-18-16/h4-9,11-12H,10H2,1-3H3,(H,17,18)(H,19,20).